The van der Waals surface area contributed by atoms with Gasteiger partial charge in [-0.15, -0.1) is 0 Å². The van der Waals surface area contributed by atoms with Crippen molar-refractivity contribution in [3.63, 3.8) is 0 Å². The number of nitrogens with one attached hydrogen (secondary N) is 1. The lowest BCUT2D eigenvalue weighted by Gasteiger charge is -2.43. The molecule has 0 amide bonds. The number of benzene rings is 1. The van der Waals surface area contributed by atoms with Crippen molar-refractivity contribution >= 4 is 0 Å². The van der Waals surface area contributed by atoms with Crippen molar-refractivity contribution < 1.29 is 0 Å². The zero-order chi connectivity index (χ0) is 10.0. The summed E-state index contributed by atoms with van der Waals surface area (Å²) in [6, 6.07) is 10.7. The van der Waals surface area contributed by atoms with Crippen LogP contribution in [0.25, 0.3) is 0 Å². The largest absolute Gasteiger partial charge is 0.313 e. The second-order valence-corrected chi connectivity index (χ2v) is 4.24. The molecule has 0 radical (unpaired) electrons. The highest BCUT2D eigenvalue weighted by Gasteiger charge is 2.32. The minimum Gasteiger partial charge on any atom is -0.313 e. The first-order valence-corrected chi connectivity index (χ1v) is 5.21. The monoisotopic (exact) mass is 190 g/mol. The summed E-state index contributed by atoms with van der Waals surface area (Å²) in [5.41, 5.74) is 1.55. The van der Waals surface area contributed by atoms with E-state index in [-0.39, 0.29) is 5.54 Å². The first kappa shape index (κ1) is 9.69. The maximum Gasteiger partial charge on any atom is 0.0555 e. The molecule has 0 aliphatic carbocycles. The van der Waals surface area contributed by atoms with E-state index in [4.69, 9.17) is 0 Å². The number of hydrogen-bond donors (Lipinski definition) is 1. The molecule has 1 aliphatic rings. The Morgan fingerprint density at radius 3 is 2.64 bits per heavy atom. The molecule has 1 fully saturated rings. The van der Waals surface area contributed by atoms with Crippen molar-refractivity contribution in [2.45, 2.75) is 12.5 Å². The number of nitrogens with zero attached hydrogens (tertiary/aromatic N) is 1. The van der Waals surface area contributed by atoms with E-state index in [2.05, 4.69) is 54.5 Å². The predicted molar refractivity (Wildman–Crippen MR) is 59.3 cm³/mol. The molecule has 1 N–H and O–H groups in total. The summed E-state index contributed by atoms with van der Waals surface area (Å²) in [6.45, 7) is 5.55. The summed E-state index contributed by atoms with van der Waals surface area (Å²) in [4.78, 5) is 2.43. The molecule has 1 atom stereocenters. The molecule has 0 aromatic heterocycles. The zero-order valence-corrected chi connectivity index (χ0v) is 8.96. The number of piperazine rings is 1. The Morgan fingerprint density at radius 1 is 1.29 bits per heavy atom. The molecular weight excluding hydrogens is 172 g/mol. The Hall–Kier alpha value is -0.860. The van der Waals surface area contributed by atoms with Crippen LogP contribution in [0.5, 0.6) is 0 Å². The van der Waals surface area contributed by atoms with E-state index >= 15 is 0 Å². The molecule has 2 heteroatoms. The highest BCUT2D eigenvalue weighted by atomic mass is 15.2. The molecule has 1 unspecified atom stereocenters. The Bertz CT molecular complexity index is 296. The second kappa shape index (κ2) is 3.71. The van der Waals surface area contributed by atoms with Crippen molar-refractivity contribution in [1.82, 2.24) is 10.2 Å². The fourth-order valence-corrected chi connectivity index (χ4v) is 2.08. The summed E-state index contributed by atoms with van der Waals surface area (Å²) in [5, 5.41) is 3.46. The van der Waals surface area contributed by atoms with Gasteiger partial charge in [-0.05, 0) is 19.5 Å². The van der Waals surface area contributed by atoms with Gasteiger partial charge in [0.2, 0.25) is 0 Å². The third-order valence-corrected chi connectivity index (χ3v) is 3.33. The van der Waals surface area contributed by atoms with Gasteiger partial charge in [0.25, 0.3) is 0 Å². The van der Waals surface area contributed by atoms with Gasteiger partial charge in [0.15, 0.2) is 0 Å². The number of rotatable bonds is 1. The third kappa shape index (κ3) is 1.56. The van der Waals surface area contributed by atoms with Gasteiger partial charge in [0.05, 0.1) is 5.54 Å². The molecule has 0 bridgehead atoms. The van der Waals surface area contributed by atoms with Crippen LogP contribution in [0.3, 0.4) is 0 Å². The Balaban J connectivity index is 2.30. The van der Waals surface area contributed by atoms with Gasteiger partial charge in [0.1, 0.15) is 0 Å². The van der Waals surface area contributed by atoms with E-state index in [9.17, 15) is 0 Å². The van der Waals surface area contributed by atoms with Gasteiger partial charge in [-0.2, -0.15) is 0 Å². The molecule has 1 aromatic rings. The van der Waals surface area contributed by atoms with E-state index in [0.717, 1.165) is 19.6 Å². The van der Waals surface area contributed by atoms with E-state index < -0.39 is 0 Å². The van der Waals surface area contributed by atoms with Crippen molar-refractivity contribution in [3.8, 4) is 0 Å². The van der Waals surface area contributed by atoms with Gasteiger partial charge >= 0.3 is 0 Å². The molecular formula is C12H18N2. The highest BCUT2D eigenvalue weighted by molar-refractivity contribution is 5.24. The summed E-state index contributed by atoms with van der Waals surface area (Å²) >= 11 is 0. The van der Waals surface area contributed by atoms with Crippen molar-refractivity contribution in [1.29, 1.82) is 0 Å². The van der Waals surface area contributed by atoms with Crippen LogP contribution in [0, 0.1) is 0 Å². The minimum absolute atomic E-state index is 0.152. The first-order valence-electron chi connectivity index (χ1n) is 5.21. The number of hydrogen-bond acceptors (Lipinski definition) is 2. The van der Waals surface area contributed by atoms with Crippen LogP contribution in [0.1, 0.15) is 12.5 Å². The lowest BCUT2D eigenvalue weighted by molar-refractivity contribution is 0.104. The molecule has 1 heterocycles. The van der Waals surface area contributed by atoms with Crippen molar-refractivity contribution in [2.75, 3.05) is 26.7 Å². The lowest BCUT2D eigenvalue weighted by atomic mass is 9.89. The number of likely N-dealkylation sites (N-methyl/N-ethyl adjacent to an activating group) is 1. The maximum absolute atomic E-state index is 3.46. The maximum atomic E-state index is 3.46. The van der Waals surface area contributed by atoms with E-state index in [0.29, 0.717) is 0 Å². The molecule has 1 saturated heterocycles. The van der Waals surface area contributed by atoms with Crippen LogP contribution in [0.4, 0.5) is 0 Å². The summed E-state index contributed by atoms with van der Waals surface area (Å²) in [5.74, 6) is 0. The average Bonchev–Trinajstić information content (AvgIpc) is 2.24. The smallest absolute Gasteiger partial charge is 0.0555 e. The SMILES string of the molecule is CN1CCNCC1(C)c1ccccc1. The molecule has 76 valence electrons. The van der Waals surface area contributed by atoms with Gasteiger partial charge in [-0.3, -0.25) is 4.90 Å². The van der Waals surface area contributed by atoms with Crippen LogP contribution in [0.15, 0.2) is 30.3 Å². The summed E-state index contributed by atoms with van der Waals surface area (Å²) in [6.07, 6.45) is 0. The van der Waals surface area contributed by atoms with Crippen LogP contribution in [-0.2, 0) is 5.54 Å². The van der Waals surface area contributed by atoms with E-state index in [1.807, 2.05) is 0 Å². The highest BCUT2D eigenvalue weighted by Crippen LogP contribution is 2.27. The van der Waals surface area contributed by atoms with Gasteiger partial charge in [-0.25, -0.2) is 0 Å². The summed E-state index contributed by atoms with van der Waals surface area (Å²) < 4.78 is 0. The van der Waals surface area contributed by atoms with Gasteiger partial charge in [0, 0.05) is 19.6 Å². The Kier molecular flexibility index (Phi) is 2.57. The lowest BCUT2D eigenvalue weighted by Crippen LogP contribution is -2.55. The molecule has 0 saturated carbocycles. The Morgan fingerprint density at radius 2 is 2.00 bits per heavy atom. The Labute approximate surface area is 85.9 Å². The molecule has 0 spiro atoms. The fourth-order valence-electron chi connectivity index (χ4n) is 2.08. The molecule has 2 nitrogen and oxygen atoms in total. The van der Waals surface area contributed by atoms with Crippen LogP contribution in [-0.4, -0.2) is 31.6 Å². The van der Waals surface area contributed by atoms with Crippen LogP contribution in [0.2, 0.25) is 0 Å². The molecule has 1 aromatic carbocycles. The van der Waals surface area contributed by atoms with E-state index in [1.54, 1.807) is 0 Å². The van der Waals surface area contributed by atoms with Gasteiger partial charge < -0.3 is 5.32 Å². The second-order valence-electron chi connectivity index (χ2n) is 4.24. The van der Waals surface area contributed by atoms with Crippen molar-refractivity contribution in [3.05, 3.63) is 35.9 Å². The molecule has 1 aliphatic heterocycles. The van der Waals surface area contributed by atoms with Crippen LogP contribution >= 0.6 is 0 Å². The van der Waals surface area contributed by atoms with Crippen molar-refractivity contribution in [2.24, 2.45) is 0 Å². The fraction of sp³-hybridized carbons (Fsp3) is 0.500. The summed E-state index contributed by atoms with van der Waals surface area (Å²) in [7, 11) is 2.20. The van der Waals surface area contributed by atoms with Crippen LogP contribution < -0.4 is 5.32 Å². The average molecular weight is 190 g/mol. The molecule has 2 rings (SSSR count). The predicted octanol–water partition coefficient (Wildman–Crippen LogP) is 1.44. The zero-order valence-electron chi connectivity index (χ0n) is 8.96. The topological polar surface area (TPSA) is 15.3 Å². The standard InChI is InChI=1S/C12H18N2/c1-12(10-13-8-9-14(12)2)11-6-4-3-5-7-11/h3-7,13H,8-10H2,1-2H3. The van der Waals surface area contributed by atoms with E-state index in [1.165, 1.54) is 5.56 Å². The van der Waals surface area contributed by atoms with Gasteiger partial charge in [-0.1, -0.05) is 30.3 Å². The quantitative estimate of drug-likeness (QED) is 0.721. The first-order chi connectivity index (χ1) is 6.73. The third-order valence-electron chi connectivity index (χ3n) is 3.33. The minimum atomic E-state index is 0.152. The molecule has 14 heavy (non-hydrogen) atoms. The normalized spacial score (nSPS) is 29.0.